The van der Waals surface area contributed by atoms with Crippen molar-refractivity contribution in [2.24, 2.45) is 0 Å². The zero-order valence-corrected chi connectivity index (χ0v) is 37.3. The number of hydrogen-bond donors (Lipinski definition) is 3. The van der Waals surface area contributed by atoms with Gasteiger partial charge in [-0.25, -0.2) is 0 Å². The molecule has 3 N–H and O–H groups in total. The number of aliphatic hydroxyl groups excluding tert-OH is 1. The van der Waals surface area contributed by atoms with E-state index in [0.717, 1.165) is 31.8 Å². The molecule has 0 saturated carbocycles. The summed E-state index contributed by atoms with van der Waals surface area (Å²) in [6.45, 7) is 0.263. The normalized spacial score (nSPS) is 11.2. The first-order chi connectivity index (χ1) is 30.9. The van der Waals surface area contributed by atoms with Crippen molar-refractivity contribution in [3.05, 3.63) is 71.3 Å². The number of carbonyl (C=O) groups excluding carboxylic acids is 2. The molecule has 0 aliphatic heterocycles. The monoisotopic (exact) mass is 889 g/mol. The molecule has 0 amide bonds. The molecule has 2 aromatic carbocycles. The largest absolute Gasteiger partial charge is 0.496 e. The molecular formula is C46H59N5O13. The van der Waals surface area contributed by atoms with Crippen LogP contribution in [0.15, 0.2) is 48.5 Å². The number of carbonyl (C=O) groups is 4. The van der Waals surface area contributed by atoms with Gasteiger partial charge in [0, 0.05) is 57.1 Å². The number of pyridine rings is 2. The molecule has 0 spiro atoms. The highest BCUT2D eigenvalue weighted by atomic mass is 16.5. The summed E-state index contributed by atoms with van der Waals surface area (Å²) in [5, 5.41) is 28.8. The summed E-state index contributed by atoms with van der Waals surface area (Å²) in [4.78, 5) is 62.0. The smallest absolute Gasteiger partial charge is 0.317 e. The average molecular weight is 890 g/mol. The number of nitrogens with zero attached hydrogens (tertiary/aromatic N) is 5. The van der Waals surface area contributed by atoms with Crippen LogP contribution in [0.5, 0.6) is 34.5 Å². The highest BCUT2D eigenvalue weighted by molar-refractivity contribution is 5.80. The summed E-state index contributed by atoms with van der Waals surface area (Å²) in [7, 11) is 9.20. The van der Waals surface area contributed by atoms with E-state index in [0.29, 0.717) is 99.0 Å². The van der Waals surface area contributed by atoms with Crippen LogP contribution < -0.4 is 28.4 Å². The lowest BCUT2D eigenvalue weighted by molar-refractivity contribution is -0.142. The Labute approximate surface area is 373 Å². The van der Waals surface area contributed by atoms with E-state index in [1.807, 2.05) is 18.2 Å². The summed E-state index contributed by atoms with van der Waals surface area (Å²) < 4.78 is 34.3. The van der Waals surface area contributed by atoms with Gasteiger partial charge < -0.3 is 53.3 Å². The van der Waals surface area contributed by atoms with Crippen LogP contribution in [0.3, 0.4) is 0 Å². The molecule has 0 aliphatic rings. The average Bonchev–Trinajstić information content (AvgIpc) is 3.27. The number of unbranched alkanes of at least 4 members (excludes halogenated alkanes) is 3. The molecule has 18 nitrogen and oxygen atoms in total. The van der Waals surface area contributed by atoms with Gasteiger partial charge in [0.25, 0.3) is 0 Å². The molecule has 0 aliphatic carbocycles. The molecule has 0 saturated heterocycles. The van der Waals surface area contributed by atoms with Crippen LogP contribution in [0.1, 0.15) is 48.5 Å². The Morgan fingerprint density at radius 3 is 1.20 bits per heavy atom. The predicted molar refractivity (Wildman–Crippen MR) is 236 cm³/mol. The third-order valence-corrected chi connectivity index (χ3v) is 10.2. The van der Waals surface area contributed by atoms with Crippen molar-refractivity contribution in [3.63, 3.8) is 0 Å². The minimum absolute atomic E-state index is 0.0135. The number of rotatable bonds is 30. The van der Waals surface area contributed by atoms with Crippen LogP contribution in [0, 0.1) is 0 Å². The Bertz CT molecular complexity index is 2110. The third kappa shape index (κ3) is 14.6. The Morgan fingerprint density at radius 2 is 0.875 bits per heavy atom. The molecule has 0 radical (unpaired) electrons. The number of ether oxygens (including phenoxy) is 6. The van der Waals surface area contributed by atoms with Gasteiger partial charge in [-0.15, -0.1) is 0 Å². The molecule has 4 rings (SSSR count). The van der Waals surface area contributed by atoms with Crippen LogP contribution >= 0.6 is 0 Å². The van der Waals surface area contributed by atoms with Crippen LogP contribution in [0.2, 0.25) is 0 Å². The minimum Gasteiger partial charge on any atom is -0.496 e. The van der Waals surface area contributed by atoms with Gasteiger partial charge in [0.05, 0.1) is 103 Å². The standard InChI is InChI=1S/C46H59N5O13/c1-59-37-21-39(61-3)45(40(22-37)62-4)31-17-33(25-49(12-15-53)13-16-54)47-34(18-31)26-50(11-9-7-8-10-14-52)27-35-19-32(46-41(63-5)23-38(60-2)24-42(46)64-6)20-36(48-35)28-51(29-43(55)56)30-44(57)58/h15-24,52H,7-14,25-30H2,1-6H3,(H,55,56)(H,57,58). The van der Waals surface area contributed by atoms with E-state index in [2.05, 4.69) is 4.90 Å². The van der Waals surface area contributed by atoms with E-state index < -0.39 is 25.0 Å². The van der Waals surface area contributed by atoms with Gasteiger partial charge in [0.15, 0.2) is 0 Å². The van der Waals surface area contributed by atoms with E-state index in [-0.39, 0.29) is 39.3 Å². The van der Waals surface area contributed by atoms with E-state index >= 15 is 0 Å². The summed E-state index contributed by atoms with van der Waals surface area (Å²) in [6.07, 6.45) is 4.55. The van der Waals surface area contributed by atoms with Gasteiger partial charge in [0.2, 0.25) is 0 Å². The lowest BCUT2D eigenvalue weighted by Gasteiger charge is -2.25. The fourth-order valence-electron chi connectivity index (χ4n) is 7.39. The fourth-order valence-corrected chi connectivity index (χ4v) is 7.39. The maximum Gasteiger partial charge on any atom is 0.317 e. The molecular weight excluding hydrogens is 831 g/mol. The van der Waals surface area contributed by atoms with Crippen LogP contribution in [0.25, 0.3) is 22.3 Å². The molecule has 4 aromatic rings. The van der Waals surface area contributed by atoms with Gasteiger partial charge in [-0.05, 0) is 54.8 Å². The van der Waals surface area contributed by atoms with Gasteiger partial charge in [-0.2, -0.15) is 0 Å². The van der Waals surface area contributed by atoms with E-state index in [9.17, 15) is 34.5 Å². The third-order valence-electron chi connectivity index (χ3n) is 10.2. The van der Waals surface area contributed by atoms with E-state index in [1.165, 1.54) is 26.2 Å². The molecule has 2 aromatic heterocycles. The molecule has 2 heterocycles. The quantitative estimate of drug-likeness (QED) is 0.0482. The van der Waals surface area contributed by atoms with Crippen LogP contribution in [-0.4, -0.2) is 146 Å². The number of carboxylic acid groups (broad SMARTS) is 2. The maximum atomic E-state index is 11.8. The summed E-state index contributed by atoms with van der Waals surface area (Å²) in [5.74, 6) is 0.466. The first kappa shape index (κ1) is 50.3. The predicted octanol–water partition coefficient (Wildman–Crippen LogP) is 4.59. The fraction of sp³-hybridized carbons (Fsp3) is 0.435. The second kappa shape index (κ2) is 25.7. The van der Waals surface area contributed by atoms with Crippen molar-refractivity contribution in [3.8, 4) is 56.8 Å². The van der Waals surface area contributed by atoms with Gasteiger partial charge in [-0.3, -0.25) is 34.3 Å². The molecule has 18 heteroatoms. The zero-order chi connectivity index (χ0) is 46.6. The van der Waals surface area contributed by atoms with Crippen molar-refractivity contribution < 1.29 is 62.9 Å². The van der Waals surface area contributed by atoms with Gasteiger partial charge in [-0.1, -0.05) is 12.8 Å². The Kier molecular flexibility index (Phi) is 20.2. The Morgan fingerprint density at radius 1 is 0.516 bits per heavy atom. The second-order valence-corrected chi connectivity index (χ2v) is 14.8. The van der Waals surface area contributed by atoms with Crippen molar-refractivity contribution in [1.29, 1.82) is 0 Å². The molecule has 0 fully saturated rings. The van der Waals surface area contributed by atoms with E-state index in [4.69, 9.17) is 38.4 Å². The number of carboxylic acids is 2. The van der Waals surface area contributed by atoms with E-state index in [1.54, 1.807) is 56.6 Å². The number of aromatic nitrogens is 2. The number of methoxy groups -OCH3 is 6. The highest BCUT2D eigenvalue weighted by Crippen LogP contribution is 2.44. The number of benzene rings is 2. The number of aliphatic carboxylic acids is 2. The topological polar surface area (TPSA) is 220 Å². The summed E-state index contributed by atoms with van der Waals surface area (Å²) >= 11 is 0. The summed E-state index contributed by atoms with van der Waals surface area (Å²) in [5.41, 5.74) is 4.74. The summed E-state index contributed by atoms with van der Waals surface area (Å²) in [6, 6.07) is 14.4. The SMILES string of the molecule is COc1cc(OC)c(-c2cc(CN(CC=O)CC=O)nc(CN(CCCCCCO)Cc3cc(-c4c(OC)cc(OC)cc4OC)cc(CN(CC(=O)O)CC(=O)O)n3)c2)c(OC)c1. The van der Waals surface area contributed by atoms with Crippen molar-refractivity contribution in [1.82, 2.24) is 24.7 Å². The molecule has 0 bridgehead atoms. The Balaban J connectivity index is 1.92. The minimum atomic E-state index is -1.19. The maximum absolute atomic E-state index is 11.8. The van der Waals surface area contributed by atoms with Gasteiger partial charge >= 0.3 is 11.9 Å². The number of aliphatic hydroxyl groups is 1. The van der Waals surface area contributed by atoms with Crippen molar-refractivity contribution in [2.75, 3.05) is 82.0 Å². The van der Waals surface area contributed by atoms with Crippen LogP contribution in [0.4, 0.5) is 0 Å². The zero-order valence-electron chi connectivity index (χ0n) is 37.3. The molecule has 346 valence electrons. The van der Waals surface area contributed by atoms with Crippen LogP contribution in [-0.2, 0) is 45.4 Å². The first-order valence-electron chi connectivity index (χ1n) is 20.6. The lowest BCUT2D eigenvalue weighted by Crippen LogP contribution is -2.34. The highest BCUT2D eigenvalue weighted by Gasteiger charge is 2.23. The molecule has 0 unspecified atom stereocenters. The number of hydrogen-bond acceptors (Lipinski definition) is 16. The Hall–Kier alpha value is -6.34. The second-order valence-electron chi connectivity index (χ2n) is 14.8. The number of aldehydes is 2. The van der Waals surface area contributed by atoms with Crippen molar-refractivity contribution in [2.45, 2.75) is 51.9 Å². The first-order valence-corrected chi connectivity index (χ1v) is 20.6. The van der Waals surface area contributed by atoms with Gasteiger partial charge in [0.1, 0.15) is 47.1 Å². The molecule has 0 atom stereocenters. The van der Waals surface area contributed by atoms with Crippen molar-refractivity contribution >= 4 is 24.5 Å². The lowest BCUT2D eigenvalue weighted by atomic mass is 10.0. The molecule has 64 heavy (non-hydrogen) atoms.